The average Bonchev–Trinajstić information content (AvgIpc) is 2.36. The summed E-state index contributed by atoms with van der Waals surface area (Å²) in [6, 6.07) is -2.24. The molecule has 1 rings (SSSR count). The molecule has 5 nitrogen and oxygen atoms in total. The molecule has 0 saturated carbocycles. The minimum Gasteiger partial charge on any atom is -0.383 e. The summed E-state index contributed by atoms with van der Waals surface area (Å²) in [5, 5.41) is 0. The second-order valence-corrected chi connectivity index (χ2v) is 4.64. The third-order valence-corrected chi connectivity index (χ3v) is 3.31. The Balaban J connectivity index is 2.47. The van der Waals surface area contributed by atoms with Gasteiger partial charge in [-0.3, -0.25) is 9.69 Å². The molecule has 2 atom stereocenters. The smallest absolute Gasteiger partial charge is 0.383 e. The summed E-state index contributed by atoms with van der Waals surface area (Å²) >= 11 is 0. The fourth-order valence-corrected chi connectivity index (χ4v) is 2.02. The zero-order chi connectivity index (χ0) is 14.6. The molecule has 1 aliphatic heterocycles. The van der Waals surface area contributed by atoms with Crippen LogP contribution in [0.15, 0.2) is 0 Å². The van der Waals surface area contributed by atoms with E-state index >= 15 is 0 Å². The normalized spacial score (nSPS) is 21.3. The predicted molar refractivity (Wildman–Crippen MR) is 63.5 cm³/mol. The summed E-state index contributed by atoms with van der Waals surface area (Å²) in [6.07, 6.45) is -4.24. The van der Waals surface area contributed by atoms with E-state index in [2.05, 4.69) is 0 Å². The zero-order valence-corrected chi connectivity index (χ0v) is 11.1. The Labute approximate surface area is 110 Å². The molecular weight excluding hydrogens is 263 g/mol. The molecule has 2 unspecified atom stereocenters. The number of halogens is 3. The number of carbonyl (C=O) groups excluding carboxylic acids is 1. The minimum absolute atomic E-state index is 0.109. The highest BCUT2D eigenvalue weighted by Crippen LogP contribution is 2.25. The van der Waals surface area contributed by atoms with Crippen molar-refractivity contribution in [2.75, 3.05) is 39.9 Å². The first-order valence-electron chi connectivity index (χ1n) is 6.11. The summed E-state index contributed by atoms with van der Waals surface area (Å²) in [6.45, 7) is 2.16. The number of ether oxygens (including phenoxy) is 1. The van der Waals surface area contributed by atoms with Crippen LogP contribution in [0.25, 0.3) is 0 Å². The van der Waals surface area contributed by atoms with Crippen LogP contribution in [0.1, 0.15) is 6.92 Å². The fraction of sp³-hybridized carbons (Fsp3) is 0.909. The number of nitrogens with two attached hydrogens (primary N) is 1. The van der Waals surface area contributed by atoms with Gasteiger partial charge in [0.1, 0.15) is 12.1 Å². The SMILES string of the molecule is COCC(N)C(=O)N1CCN(C(C)C(F)(F)F)CC1. The maximum Gasteiger partial charge on any atom is 0.403 e. The Morgan fingerprint density at radius 3 is 2.26 bits per heavy atom. The molecule has 1 aliphatic rings. The first-order valence-corrected chi connectivity index (χ1v) is 6.11. The standard InChI is InChI=1S/C11H20F3N3O2/c1-8(11(12,13)14)16-3-5-17(6-4-16)10(18)9(15)7-19-2/h8-9H,3-7,15H2,1-2H3. The van der Waals surface area contributed by atoms with E-state index in [0.717, 1.165) is 6.92 Å². The van der Waals surface area contributed by atoms with Crippen molar-refractivity contribution in [3.8, 4) is 0 Å². The highest BCUT2D eigenvalue weighted by molar-refractivity contribution is 5.81. The Hall–Kier alpha value is -0.860. The van der Waals surface area contributed by atoms with Gasteiger partial charge < -0.3 is 15.4 Å². The molecule has 1 fully saturated rings. The van der Waals surface area contributed by atoms with Gasteiger partial charge in [-0.25, -0.2) is 0 Å². The van der Waals surface area contributed by atoms with E-state index in [9.17, 15) is 18.0 Å². The Morgan fingerprint density at radius 2 is 1.84 bits per heavy atom. The summed E-state index contributed by atoms with van der Waals surface area (Å²) in [5.74, 6) is -0.277. The van der Waals surface area contributed by atoms with Crippen molar-refractivity contribution in [2.24, 2.45) is 5.73 Å². The van der Waals surface area contributed by atoms with Gasteiger partial charge in [-0.05, 0) is 6.92 Å². The number of alkyl halides is 3. The Morgan fingerprint density at radius 1 is 1.32 bits per heavy atom. The molecule has 1 saturated heterocycles. The van der Waals surface area contributed by atoms with Gasteiger partial charge in [0.15, 0.2) is 0 Å². The van der Waals surface area contributed by atoms with Gasteiger partial charge in [0, 0.05) is 33.3 Å². The van der Waals surface area contributed by atoms with E-state index in [0.29, 0.717) is 0 Å². The Kier molecular flexibility index (Phi) is 5.57. The van der Waals surface area contributed by atoms with Crippen LogP contribution < -0.4 is 5.73 Å². The lowest BCUT2D eigenvalue weighted by atomic mass is 10.2. The third kappa shape index (κ3) is 4.32. The number of nitrogens with zero attached hydrogens (tertiary/aromatic N) is 2. The number of rotatable bonds is 4. The van der Waals surface area contributed by atoms with Gasteiger partial charge in [0.05, 0.1) is 6.61 Å². The van der Waals surface area contributed by atoms with Crippen molar-refractivity contribution in [1.82, 2.24) is 9.80 Å². The highest BCUT2D eigenvalue weighted by Gasteiger charge is 2.41. The molecule has 0 aromatic heterocycles. The lowest BCUT2D eigenvalue weighted by Crippen LogP contribution is -2.57. The zero-order valence-electron chi connectivity index (χ0n) is 11.1. The molecule has 0 aliphatic carbocycles. The van der Waals surface area contributed by atoms with Crippen LogP contribution in [-0.4, -0.2) is 73.9 Å². The van der Waals surface area contributed by atoms with Gasteiger partial charge >= 0.3 is 6.18 Å². The van der Waals surface area contributed by atoms with Crippen molar-refractivity contribution in [2.45, 2.75) is 25.2 Å². The van der Waals surface area contributed by atoms with Gasteiger partial charge in [-0.2, -0.15) is 13.2 Å². The van der Waals surface area contributed by atoms with Crippen LogP contribution >= 0.6 is 0 Å². The molecule has 1 heterocycles. The van der Waals surface area contributed by atoms with Crippen LogP contribution in [0.5, 0.6) is 0 Å². The molecule has 112 valence electrons. The van der Waals surface area contributed by atoms with E-state index in [1.54, 1.807) is 0 Å². The van der Waals surface area contributed by atoms with Gasteiger partial charge in [0.25, 0.3) is 0 Å². The molecule has 8 heteroatoms. The average molecular weight is 283 g/mol. The van der Waals surface area contributed by atoms with Crippen molar-refractivity contribution in [3.63, 3.8) is 0 Å². The first-order chi connectivity index (χ1) is 8.77. The minimum atomic E-state index is -4.24. The van der Waals surface area contributed by atoms with Crippen LogP contribution in [0.4, 0.5) is 13.2 Å². The van der Waals surface area contributed by atoms with Crippen molar-refractivity contribution in [1.29, 1.82) is 0 Å². The van der Waals surface area contributed by atoms with Crippen LogP contribution in [0.3, 0.4) is 0 Å². The van der Waals surface area contributed by atoms with Crippen LogP contribution in [-0.2, 0) is 9.53 Å². The van der Waals surface area contributed by atoms with Crippen molar-refractivity contribution in [3.05, 3.63) is 0 Å². The van der Waals surface area contributed by atoms with Crippen LogP contribution in [0, 0.1) is 0 Å². The molecule has 0 aromatic carbocycles. The number of amides is 1. The summed E-state index contributed by atoms with van der Waals surface area (Å²) in [4.78, 5) is 14.7. The maximum atomic E-state index is 12.6. The van der Waals surface area contributed by atoms with Gasteiger partial charge in [-0.1, -0.05) is 0 Å². The maximum absolute atomic E-state index is 12.6. The summed E-state index contributed by atoms with van der Waals surface area (Å²) < 4.78 is 42.5. The monoisotopic (exact) mass is 283 g/mol. The lowest BCUT2D eigenvalue weighted by Gasteiger charge is -2.39. The molecule has 0 bridgehead atoms. The molecule has 0 aromatic rings. The molecule has 1 amide bonds. The third-order valence-electron chi connectivity index (χ3n) is 3.31. The van der Waals surface area contributed by atoms with E-state index < -0.39 is 18.3 Å². The van der Waals surface area contributed by atoms with Crippen molar-refractivity contribution < 1.29 is 22.7 Å². The number of carbonyl (C=O) groups is 1. The summed E-state index contributed by atoms with van der Waals surface area (Å²) in [5.41, 5.74) is 5.61. The molecule has 0 radical (unpaired) electrons. The topological polar surface area (TPSA) is 58.8 Å². The van der Waals surface area contributed by atoms with E-state index in [4.69, 9.17) is 10.5 Å². The Bertz CT molecular complexity index is 304. The number of hydrogen-bond donors (Lipinski definition) is 1. The fourth-order valence-electron chi connectivity index (χ4n) is 2.02. The molecular formula is C11H20F3N3O2. The predicted octanol–water partition coefficient (Wildman–Crippen LogP) is 0.0551. The first kappa shape index (κ1) is 16.2. The van der Waals surface area contributed by atoms with E-state index in [-0.39, 0.29) is 38.7 Å². The lowest BCUT2D eigenvalue weighted by molar-refractivity contribution is -0.183. The number of hydrogen-bond acceptors (Lipinski definition) is 4. The second kappa shape index (κ2) is 6.53. The quantitative estimate of drug-likeness (QED) is 0.792. The molecule has 19 heavy (non-hydrogen) atoms. The van der Waals surface area contributed by atoms with Gasteiger partial charge in [-0.15, -0.1) is 0 Å². The highest BCUT2D eigenvalue weighted by atomic mass is 19.4. The largest absolute Gasteiger partial charge is 0.403 e. The summed E-state index contributed by atoms with van der Waals surface area (Å²) in [7, 11) is 1.44. The van der Waals surface area contributed by atoms with Crippen LogP contribution in [0.2, 0.25) is 0 Å². The van der Waals surface area contributed by atoms with Gasteiger partial charge in [0.2, 0.25) is 5.91 Å². The molecule has 0 spiro atoms. The van der Waals surface area contributed by atoms with E-state index in [1.807, 2.05) is 0 Å². The number of piperazine rings is 1. The molecule has 2 N–H and O–H groups in total. The van der Waals surface area contributed by atoms with Crippen molar-refractivity contribution >= 4 is 5.91 Å². The second-order valence-electron chi connectivity index (χ2n) is 4.64. The number of methoxy groups -OCH3 is 1. The van der Waals surface area contributed by atoms with E-state index in [1.165, 1.54) is 16.9 Å².